The lowest BCUT2D eigenvalue weighted by Gasteiger charge is -2.19. The zero-order chi connectivity index (χ0) is 15.2. The number of halogens is 1. The summed E-state index contributed by atoms with van der Waals surface area (Å²) in [5.74, 6) is 1.26. The van der Waals surface area contributed by atoms with Gasteiger partial charge < -0.3 is 20.3 Å². The second kappa shape index (κ2) is 7.31. The first kappa shape index (κ1) is 15.6. The third kappa shape index (κ3) is 4.10. The summed E-state index contributed by atoms with van der Waals surface area (Å²) in [6, 6.07) is 0.0375. The van der Waals surface area contributed by atoms with Crippen LogP contribution in [-0.4, -0.2) is 48.8 Å². The fourth-order valence-electron chi connectivity index (χ4n) is 2.20. The van der Waals surface area contributed by atoms with Crippen LogP contribution in [0.4, 0.5) is 16.6 Å². The number of alkyl carbamates (subject to hydrolysis) is 1. The molecule has 1 saturated heterocycles. The zero-order valence-corrected chi connectivity index (χ0v) is 13.0. The Labute approximate surface area is 129 Å². The molecule has 1 aromatic rings. The van der Waals surface area contributed by atoms with Gasteiger partial charge in [0.15, 0.2) is 5.82 Å². The van der Waals surface area contributed by atoms with E-state index >= 15 is 0 Å². The number of methoxy groups -OCH3 is 1. The van der Waals surface area contributed by atoms with Crippen LogP contribution in [0.2, 0.25) is 5.02 Å². The van der Waals surface area contributed by atoms with Crippen LogP contribution in [0.25, 0.3) is 0 Å². The standard InChI is InChI=1S/C13H20ClN5O2/c1-3-5-15-12-16-7-10(14)11(18-12)19-6-4-9(8-19)17-13(20)21-2/h7,9H,3-6,8H2,1-2H3,(H,17,20)(H,15,16,18). The van der Waals surface area contributed by atoms with Gasteiger partial charge in [-0.1, -0.05) is 18.5 Å². The summed E-state index contributed by atoms with van der Waals surface area (Å²) in [5.41, 5.74) is 0. The van der Waals surface area contributed by atoms with Crippen molar-refractivity contribution in [2.45, 2.75) is 25.8 Å². The molecule has 21 heavy (non-hydrogen) atoms. The van der Waals surface area contributed by atoms with Crippen LogP contribution in [0, 0.1) is 0 Å². The molecule has 1 atom stereocenters. The number of carbonyl (C=O) groups is 1. The second-order valence-corrected chi connectivity index (χ2v) is 5.27. The lowest BCUT2D eigenvalue weighted by atomic mass is 10.3. The molecule has 2 N–H and O–H groups in total. The van der Waals surface area contributed by atoms with E-state index in [0.717, 1.165) is 25.9 Å². The maximum Gasteiger partial charge on any atom is 0.407 e. The molecule has 1 amide bonds. The maximum absolute atomic E-state index is 11.2. The molecule has 1 aromatic heterocycles. The Hall–Kier alpha value is -1.76. The number of carbonyl (C=O) groups excluding carboxylic acids is 1. The Bertz CT molecular complexity index is 499. The summed E-state index contributed by atoms with van der Waals surface area (Å²) in [7, 11) is 1.36. The number of nitrogens with one attached hydrogen (secondary N) is 2. The van der Waals surface area contributed by atoms with Gasteiger partial charge in [-0.15, -0.1) is 0 Å². The molecular weight excluding hydrogens is 294 g/mol. The minimum absolute atomic E-state index is 0.0375. The number of anilines is 2. The Morgan fingerprint density at radius 1 is 1.62 bits per heavy atom. The van der Waals surface area contributed by atoms with Crippen molar-refractivity contribution in [1.82, 2.24) is 15.3 Å². The first-order valence-corrected chi connectivity index (χ1v) is 7.37. The largest absolute Gasteiger partial charge is 0.453 e. The van der Waals surface area contributed by atoms with Gasteiger partial charge in [-0.3, -0.25) is 0 Å². The molecule has 0 radical (unpaired) electrons. The Kier molecular flexibility index (Phi) is 5.44. The van der Waals surface area contributed by atoms with E-state index in [1.54, 1.807) is 6.20 Å². The van der Waals surface area contributed by atoms with Gasteiger partial charge in [0, 0.05) is 19.6 Å². The van der Waals surface area contributed by atoms with E-state index in [1.807, 2.05) is 4.90 Å². The quantitative estimate of drug-likeness (QED) is 0.864. The third-order valence-electron chi connectivity index (χ3n) is 3.25. The highest BCUT2D eigenvalue weighted by molar-refractivity contribution is 6.32. The number of hydrogen-bond donors (Lipinski definition) is 2. The van der Waals surface area contributed by atoms with Gasteiger partial charge in [-0.2, -0.15) is 4.98 Å². The number of aromatic nitrogens is 2. The lowest BCUT2D eigenvalue weighted by Crippen LogP contribution is -2.37. The fourth-order valence-corrected chi connectivity index (χ4v) is 2.41. The van der Waals surface area contributed by atoms with Crippen molar-refractivity contribution in [3.63, 3.8) is 0 Å². The van der Waals surface area contributed by atoms with Crippen molar-refractivity contribution < 1.29 is 9.53 Å². The lowest BCUT2D eigenvalue weighted by molar-refractivity contribution is 0.167. The normalized spacial score (nSPS) is 17.7. The molecule has 7 nitrogen and oxygen atoms in total. The van der Waals surface area contributed by atoms with Crippen LogP contribution < -0.4 is 15.5 Å². The molecule has 0 aromatic carbocycles. The van der Waals surface area contributed by atoms with Crippen LogP contribution in [0.1, 0.15) is 19.8 Å². The molecule has 0 bridgehead atoms. The summed E-state index contributed by atoms with van der Waals surface area (Å²) in [4.78, 5) is 21.9. The van der Waals surface area contributed by atoms with Gasteiger partial charge in [-0.25, -0.2) is 9.78 Å². The maximum atomic E-state index is 11.2. The van der Waals surface area contributed by atoms with E-state index in [9.17, 15) is 4.79 Å². The first-order valence-electron chi connectivity index (χ1n) is 7.00. The van der Waals surface area contributed by atoms with Gasteiger partial charge in [0.2, 0.25) is 5.95 Å². The molecule has 8 heteroatoms. The highest BCUT2D eigenvalue weighted by Gasteiger charge is 2.26. The van der Waals surface area contributed by atoms with Crippen LogP contribution in [-0.2, 0) is 4.74 Å². The van der Waals surface area contributed by atoms with Crippen LogP contribution in [0.5, 0.6) is 0 Å². The molecule has 2 heterocycles. The van der Waals surface area contributed by atoms with Crippen molar-refractivity contribution in [1.29, 1.82) is 0 Å². The van der Waals surface area contributed by atoms with Crippen molar-refractivity contribution in [2.75, 3.05) is 37.0 Å². The predicted molar refractivity (Wildman–Crippen MR) is 82.0 cm³/mol. The highest BCUT2D eigenvalue weighted by atomic mass is 35.5. The van der Waals surface area contributed by atoms with Crippen molar-refractivity contribution >= 4 is 29.5 Å². The summed E-state index contributed by atoms with van der Waals surface area (Å²) in [5, 5.41) is 6.44. The van der Waals surface area contributed by atoms with E-state index in [1.165, 1.54) is 7.11 Å². The third-order valence-corrected chi connectivity index (χ3v) is 3.52. The number of ether oxygens (including phenoxy) is 1. The van der Waals surface area contributed by atoms with E-state index in [0.29, 0.717) is 23.3 Å². The van der Waals surface area contributed by atoms with Crippen molar-refractivity contribution in [2.24, 2.45) is 0 Å². The summed E-state index contributed by atoms with van der Waals surface area (Å²) in [6.45, 7) is 4.32. The van der Waals surface area contributed by atoms with E-state index < -0.39 is 6.09 Å². The van der Waals surface area contributed by atoms with E-state index in [4.69, 9.17) is 11.6 Å². The average molecular weight is 314 g/mol. The van der Waals surface area contributed by atoms with Crippen LogP contribution in [0.3, 0.4) is 0 Å². The van der Waals surface area contributed by atoms with Gasteiger partial charge in [-0.05, 0) is 12.8 Å². The summed E-state index contributed by atoms with van der Waals surface area (Å²) < 4.78 is 4.61. The molecular formula is C13H20ClN5O2. The Balaban J connectivity index is 2.03. The monoisotopic (exact) mass is 313 g/mol. The fraction of sp³-hybridized carbons (Fsp3) is 0.615. The van der Waals surface area contributed by atoms with Gasteiger partial charge in [0.05, 0.1) is 19.3 Å². The molecule has 116 valence electrons. The number of amides is 1. The molecule has 1 unspecified atom stereocenters. The topological polar surface area (TPSA) is 79.4 Å². The van der Waals surface area contributed by atoms with Gasteiger partial charge >= 0.3 is 6.09 Å². The number of hydrogen-bond acceptors (Lipinski definition) is 6. The van der Waals surface area contributed by atoms with E-state index in [2.05, 4.69) is 32.3 Å². The molecule has 0 aliphatic carbocycles. The van der Waals surface area contributed by atoms with Gasteiger partial charge in [0.25, 0.3) is 0 Å². The molecule has 1 aliphatic heterocycles. The highest BCUT2D eigenvalue weighted by Crippen LogP contribution is 2.27. The molecule has 0 saturated carbocycles. The Morgan fingerprint density at radius 2 is 2.43 bits per heavy atom. The first-order chi connectivity index (χ1) is 10.1. The average Bonchev–Trinajstić information content (AvgIpc) is 2.94. The van der Waals surface area contributed by atoms with Crippen LogP contribution in [0.15, 0.2) is 6.20 Å². The summed E-state index contributed by atoms with van der Waals surface area (Å²) in [6.07, 6.45) is 3.01. The zero-order valence-electron chi connectivity index (χ0n) is 12.2. The number of nitrogens with zero attached hydrogens (tertiary/aromatic N) is 3. The van der Waals surface area contributed by atoms with Crippen molar-refractivity contribution in [3.05, 3.63) is 11.2 Å². The molecule has 1 fully saturated rings. The predicted octanol–water partition coefficient (Wildman–Crippen LogP) is 1.89. The molecule has 2 rings (SSSR count). The smallest absolute Gasteiger partial charge is 0.407 e. The second-order valence-electron chi connectivity index (χ2n) is 4.86. The minimum atomic E-state index is -0.416. The SMILES string of the molecule is CCCNc1ncc(Cl)c(N2CCC(NC(=O)OC)C2)n1. The Morgan fingerprint density at radius 3 is 3.14 bits per heavy atom. The number of rotatable bonds is 5. The van der Waals surface area contributed by atoms with Crippen LogP contribution >= 0.6 is 11.6 Å². The van der Waals surface area contributed by atoms with Gasteiger partial charge in [0.1, 0.15) is 5.02 Å². The summed E-state index contributed by atoms with van der Waals surface area (Å²) >= 11 is 6.18. The van der Waals surface area contributed by atoms with Crippen molar-refractivity contribution in [3.8, 4) is 0 Å². The van der Waals surface area contributed by atoms with E-state index in [-0.39, 0.29) is 6.04 Å². The molecule has 1 aliphatic rings. The minimum Gasteiger partial charge on any atom is -0.453 e. The molecule has 0 spiro atoms.